The van der Waals surface area contributed by atoms with Gasteiger partial charge in [0.05, 0.1) is 6.26 Å². The van der Waals surface area contributed by atoms with E-state index in [1.165, 1.54) is 6.26 Å². The minimum atomic E-state index is -0.994. The number of carboxylic acid groups (broad SMARTS) is 1. The standard InChI is InChI=1S/C8H10O3S/c1-2-12-5-6-3-4-11-7(6)8(9)10/h3-4H,2,5H2,1H3,(H,9,10). The van der Waals surface area contributed by atoms with Crippen molar-refractivity contribution in [3.63, 3.8) is 0 Å². The monoisotopic (exact) mass is 186 g/mol. The molecule has 1 rings (SSSR count). The van der Waals surface area contributed by atoms with Gasteiger partial charge >= 0.3 is 5.97 Å². The Morgan fingerprint density at radius 3 is 3.08 bits per heavy atom. The highest BCUT2D eigenvalue weighted by atomic mass is 32.2. The van der Waals surface area contributed by atoms with Crippen molar-refractivity contribution in [2.45, 2.75) is 12.7 Å². The Bertz CT molecular complexity index is 267. The topological polar surface area (TPSA) is 50.4 Å². The summed E-state index contributed by atoms with van der Waals surface area (Å²) in [6, 6.07) is 1.70. The lowest BCUT2D eigenvalue weighted by Gasteiger charge is -1.95. The summed E-state index contributed by atoms with van der Waals surface area (Å²) in [5, 5.41) is 8.65. The van der Waals surface area contributed by atoms with Gasteiger partial charge < -0.3 is 9.52 Å². The molecule has 12 heavy (non-hydrogen) atoms. The van der Waals surface area contributed by atoms with E-state index in [-0.39, 0.29) is 5.76 Å². The summed E-state index contributed by atoms with van der Waals surface area (Å²) in [6.07, 6.45) is 1.41. The summed E-state index contributed by atoms with van der Waals surface area (Å²) in [7, 11) is 0. The fourth-order valence-corrected chi connectivity index (χ4v) is 1.50. The molecule has 0 spiro atoms. The molecule has 1 aromatic heterocycles. The smallest absolute Gasteiger partial charge is 0.372 e. The highest BCUT2D eigenvalue weighted by molar-refractivity contribution is 7.98. The van der Waals surface area contributed by atoms with E-state index in [4.69, 9.17) is 9.52 Å². The van der Waals surface area contributed by atoms with E-state index in [2.05, 4.69) is 0 Å². The van der Waals surface area contributed by atoms with E-state index in [0.717, 1.165) is 11.3 Å². The lowest BCUT2D eigenvalue weighted by molar-refractivity contribution is 0.0661. The number of carbonyl (C=O) groups is 1. The van der Waals surface area contributed by atoms with Gasteiger partial charge in [-0.15, -0.1) is 0 Å². The van der Waals surface area contributed by atoms with Crippen LogP contribution in [0.4, 0.5) is 0 Å². The van der Waals surface area contributed by atoms with Gasteiger partial charge in [-0.25, -0.2) is 4.79 Å². The van der Waals surface area contributed by atoms with E-state index < -0.39 is 5.97 Å². The number of carboxylic acids is 1. The first kappa shape index (κ1) is 9.19. The van der Waals surface area contributed by atoms with Crippen molar-refractivity contribution in [1.82, 2.24) is 0 Å². The molecule has 1 aromatic rings. The Morgan fingerprint density at radius 1 is 1.75 bits per heavy atom. The average molecular weight is 186 g/mol. The predicted octanol–water partition coefficient (Wildman–Crippen LogP) is 2.23. The molecule has 0 amide bonds. The molecule has 0 saturated carbocycles. The van der Waals surface area contributed by atoms with Crippen LogP contribution in [-0.2, 0) is 5.75 Å². The van der Waals surface area contributed by atoms with Gasteiger partial charge in [-0.1, -0.05) is 6.92 Å². The maximum atomic E-state index is 10.5. The largest absolute Gasteiger partial charge is 0.475 e. The first-order valence-corrected chi connectivity index (χ1v) is 4.78. The van der Waals surface area contributed by atoms with Crippen molar-refractivity contribution < 1.29 is 14.3 Å². The van der Waals surface area contributed by atoms with Crippen molar-refractivity contribution in [2.75, 3.05) is 5.75 Å². The Morgan fingerprint density at radius 2 is 2.50 bits per heavy atom. The Labute approximate surface area is 74.8 Å². The summed E-state index contributed by atoms with van der Waals surface area (Å²) in [4.78, 5) is 10.5. The van der Waals surface area contributed by atoms with Crippen molar-refractivity contribution in [1.29, 1.82) is 0 Å². The molecular weight excluding hydrogens is 176 g/mol. The molecule has 0 aromatic carbocycles. The number of hydrogen-bond acceptors (Lipinski definition) is 3. The average Bonchev–Trinajstić information content (AvgIpc) is 2.48. The minimum absolute atomic E-state index is 0.0657. The van der Waals surface area contributed by atoms with Gasteiger partial charge in [-0.05, 0) is 11.8 Å². The van der Waals surface area contributed by atoms with Crippen LogP contribution in [0.2, 0.25) is 0 Å². The summed E-state index contributed by atoms with van der Waals surface area (Å²) in [5.41, 5.74) is 0.759. The maximum Gasteiger partial charge on any atom is 0.372 e. The zero-order chi connectivity index (χ0) is 8.97. The van der Waals surface area contributed by atoms with Crippen LogP contribution in [0.5, 0.6) is 0 Å². The number of aromatic carboxylic acids is 1. The third-order valence-corrected chi connectivity index (χ3v) is 2.33. The van der Waals surface area contributed by atoms with E-state index in [0.29, 0.717) is 5.75 Å². The fraction of sp³-hybridized carbons (Fsp3) is 0.375. The zero-order valence-corrected chi connectivity index (χ0v) is 7.56. The second-order valence-electron chi connectivity index (χ2n) is 2.22. The van der Waals surface area contributed by atoms with E-state index in [1.807, 2.05) is 6.92 Å². The maximum absolute atomic E-state index is 10.5. The Kier molecular flexibility index (Phi) is 3.22. The van der Waals surface area contributed by atoms with Crippen LogP contribution in [0.1, 0.15) is 23.0 Å². The second kappa shape index (κ2) is 4.21. The lowest BCUT2D eigenvalue weighted by Crippen LogP contribution is -1.97. The van der Waals surface area contributed by atoms with Crippen molar-refractivity contribution in [3.8, 4) is 0 Å². The number of furan rings is 1. The molecule has 0 radical (unpaired) electrons. The molecule has 0 bridgehead atoms. The highest BCUT2D eigenvalue weighted by Gasteiger charge is 2.12. The van der Waals surface area contributed by atoms with E-state index in [9.17, 15) is 4.79 Å². The summed E-state index contributed by atoms with van der Waals surface area (Å²) in [5.74, 6) is 0.751. The predicted molar refractivity (Wildman–Crippen MR) is 47.5 cm³/mol. The summed E-state index contributed by atoms with van der Waals surface area (Å²) < 4.78 is 4.81. The molecule has 0 aliphatic carbocycles. The van der Waals surface area contributed by atoms with Gasteiger partial charge in [0.2, 0.25) is 5.76 Å². The lowest BCUT2D eigenvalue weighted by atomic mass is 10.3. The molecule has 0 aliphatic heterocycles. The Hall–Kier alpha value is -0.900. The second-order valence-corrected chi connectivity index (χ2v) is 3.49. The van der Waals surface area contributed by atoms with E-state index >= 15 is 0 Å². The van der Waals surface area contributed by atoms with Crippen LogP contribution in [0.15, 0.2) is 16.7 Å². The van der Waals surface area contributed by atoms with Gasteiger partial charge in [0, 0.05) is 11.3 Å². The molecule has 0 atom stereocenters. The molecule has 4 heteroatoms. The van der Waals surface area contributed by atoms with Crippen molar-refractivity contribution >= 4 is 17.7 Å². The molecule has 1 heterocycles. The van der Waals surface area contributed by atoms with Crippen LogP contribution < -0.4 is 0 Å². The van der Waals surface area contributed by atoms with Gasteiger partial charge in [0.1, 0.15) is 0 Å². The van der Waals surface area contributed by atoms with Crippen molar-refractivity contribution in [2.24, 2.45) is 0 Å². The van der Waals surface area contributed by atoms with Gasteiger partial charge in [0.25, 0.3) is 0 Å². The number of hydrogen-bond donors (Lipinski definition) is 1. The Balaban J connectivity index is 2.70. The van der Waals surface area contributed by atoms with Crippen LogP contribution in [0.3, 0.4) is 0 Å². The SMILES string of the molecule is CCSCc1ccoc1C(=O)O. The highest BCUT2D eigenvalue weighted by Crippen LogP contribution is 2.17. The van der Waals surface area contributed by atoms with E-state index in [1.54, 1.807) is 17.8 Å². The number of rotatable bonds is 4. The van der Waals surface area contributed by atoms with Gasteiger partial charge in [0.15, 0.2) is 0 Å². The molecule has 0 unspecified atom stereocenters. The molecule has 0 saturated heterocycles. The van der Waals surface area contributed by atoms with Gasteiger partial charge in [-0.2, -0.15) is 11.8 Å². The molecule has 3 nitrogen and oxygen atoms in total. The molecule has 66 valence electrons. The van der Waals surface area contributed by atoms with Crippen LogP contribution in [-0.4, -0.2) is 16.8 Å². The normalized spacial score (nSPS) is 10.1. The summed E-state index contributed by atoms with van der Waals surface area (Å²) >= 11 is 1.67. The fourth-order valence-electron chi connectivity index (χ4n) is 0.849. The minimum Gasteiger partial charge on any atom is -0.475 e. The third-order valence-electron chi connectivity index (χ3n) is 1.40. The summed E-state index contributed by atoms with van der Waals surface area (Å²) in [6.45, 7) is 2.03. The van der Waals surface area contributed by atoms with Crippen LogP contribution in [0.25, 0.3) is 0 Å². The molecule has 0 fully saturated rings. The molecule has 0 aliphatic rings. The molecular formula is C8H10O3S. The van der Waals surface area contributed by atoms with Crippen LogP contribution in [0, 0.1) is 0 Å². The quantitative estimate of drug-likeness (QED) is 0.783. The first-order valence-electron chi connectivity index (χ1n) is 3.63. The molecule has 1 N–H and O–H groups in total. The van der Waals surface area contributed by atoms with Crippen molar-refractivity contribution in [3.05, 3.63) is 23.7 Å². The third kappa shape index (κ3) is 2.04. The first-order chi connectivity index (χ1) is 5.75. The zero-order valence-electron chi connectivity index (χ0n) is 6.74. The number of thioether (sulfide) groups is 1. The van der Waals surface area contributed by atoms with Crippen LogP contribution >= 0.6 is 11.8 Å². The van der Waals surface area contributed by atoms with Gasteiger partial charge in [-0.3, -0.25) is 0 Å².